The third-order valence-corrected chi connectivity index (χ3v) is 3.02. The third-order valence-electron chi connectivity index (χ3n) is 3.02. The topological polar surface area (TPSA) is 29.3 Å². The van der Waals surface area contributed by atoms with Crippen LogP contribution < -0.4 is 5.84 Å². The zero-order valence-corrected chi connectivity index (χ0v) is 6.58. The first-order chi connectivity index (χ1) is 4.70. The van der Waals surface area contributed by atoms with E-state index >= 15 is 0 Å². The number of rotatable bonds is 0. The molecule has 2 rings (SSSR count). The van der Waals surface area contributed by atoms with E-state index in [2.05, 4.69) is 7.05 Å². The molecule has 0 aromatic carbocycles. The van der Waals surface area contributed by atoms with E-state index in [9.17, 15) is 0 Å². The molecule has 2 atom stereocenters. The van der Waals surface area contributed by atoms with E-state index in [4.69, 9.17) is 5.84 Å². The molecule has 0 aromatic rings. The van der Waals surface area contributed by atoms with E-state index in [0.29, 0.717) is 6.04 Å². The molecule has 58 valence electrons. The van der Waals surface area contributed by atoms with Gasteiger partial charge >= 0.3 is 0 Å². The Hall–Kier alpha value is -0.120. The predicted molar refractivity (Wildman–Crippen MR) is 40.1 cm³/mol. The maximum Gasteiger partial charge on any atom is 0.0959 e. The minimum absolute atomic E-state index is 0.679. The summed E-state index contributed by atoms with van der Waals surface area (Å²) in [6.45, 7) is 4.93. The van der Waals surface area contributed by atoms with Crippen LogP contribution in [0.5, 0.6) is 0 Å². The third kappa shape index (κ3) is 0.856. The molecule has 3 heteroatoms. The maximum atomic E-state index is 5.80. The summed E-state index contributed by atoms with van der Waals surface area (Å²) in [4.78, 5) is 0. The van der Waals surface area contributed by atoms with Gasteiger partial charge in [0.25, 0.3) is 0 Å². The number of nitrogens with two attached hydrogens (primary N) is 1. The van der Waals surface area contributed by atoms with Crippen LogP contribution in [0.1, 0.15) is 6.42 Å². The van der Waals surface area contributed by atoms with Crippen molar-refractivity contribution in [2.24, 2.45) is 5.84 Å². The molecular formula is C7H16N3+. The number of fused-ring (bicyclic) bond motifs is 2. The Labute approximate surface area is 62.0 Å². The van der Waals surface area contributed by atoms with Gasteiger partial charge in [-0.3, -0.25) is 5.84 Å². The molecule has 2 N–H and O–H groups in total. The van der Waals surface area contributed by atoms with Crippen LogP contribution in [0.4, 0.5) is 0 Å². The van der Waals surface area contributed by atoms with Crippen molar-refractivity contribution < 1.29 is 4.48 Å². The molecule has 3 nitrogen and oxygen atoms in total. The first-order valence-electron chi connectivity index (χ1n) is 4.05. The van der Waals surface area contributed by atoms with Gasteiger partial charge in [0.2, 0.25) is 0 Å². The summed E-state index contributed by atoms with van der Waals surface area (Å²) in [7, 11) is 2.34. The highest BCUT2D eigenvalue weighted by atomic mass is 15.5. The zero-order chi connectivity index (χ0) is 7.19. The summed E-state index contributed by atoms with van der Waals surface area (Å²) in [6, 6.07) is 0.679. The van der Waals surface area contributed by atoms with Crippen LogP contribution in [-0.4, -0.2) is 48.8 Å². The maximum absolute atomic E-state index is 5.80. The van der Waals surface area contributed by atoms with Gasteiger partial charge in [0.15, 0.2) is 0 Å². The molecule has 0 spiro atoms. The Balaban J connectivity index is 2.12. The number of hydrogen-bond acceptors (Lipinski definition) is 2. The van der Waals surface area contributed by atoms with E-state index in [-0.39, 0.29) is 0 Å². The van der Waals surface area contributed by atoms with Crippen molar-refractivity contribution in [3.05, 3.63) is 0 Å². The summed E-state index contributed by atoms with van der Waals surface area (Å²) in [5.74, 6) is 5.80. The number of likely N-dealkylation sites (N-methyl/N-ethyl adjacent to an activating group) is 1. The standard InChI is InChI=1S/C7H16N3/c1-10-4-2-7(6-10)9(8)3-5-10/h7H,2-6,8H2,1H3/q+1. The van der Waals surface area contributed by atoms with Gasteiger partial charge in [-0.15, -0.1) is 0 Å². The Morgan fingerprint density at radius 3 is 3.00 bits per heavy atom. The zero-order valence-electron chi connectivity index (χ0n) is 6.58. The molecule has 2 saturated heterocycles. The van der Waals surface area contributed by atoms with Crippen molar-refractivity contribution in [2.75, 3.05) is 33.2 Å². The fourth-order valence-electron chi connectivity index (χ4n) is 2.17. The number of piperazine rings is 1. The number of quaternary nitrogens is 1. The van der Waals surface area contributed by atoms with Crippen molar-refractivity contribution in [2.45, 2.75) is 12.5 Å². The molecule has 0 amide bonds. The van der Waals surface area contributed by atoms with Crippen LogP contribution in [-0.2, 0) is 0 Å². The smallest absolute Gasteiger partial charge is 0.0959 e. The van der Waals surface area contributed by atoms with Gasteiger partial charge in [0.1, 0.15) is 0 Å². The molecule has 10 heavy (non-hydrogen) atoms. The normalized spacial score (nSPS) is 48.0. The van der Waals surface area contributed by atoms with Crippen LogP contribution in [0.15, 0.2) is 0 Å². The average molecular weight is 142 g/mol. The summed E-state index contributed by atoms with van der Waals surface area (Å²) in [6.07, 6.45) is 1.30. The first-order valence-corrected chi connectivity index (χ1v) is 4.05. The second kappa shape index (κ2) is 1.94. The number of hydrogen-bond donors (Lipinski definition) is 1. The molecule has 0 aliphatic carbocycles. The summed E-state index contributed by atoms with van der Waals surface area (Å²) in [5, 5.41) is 2.02. The van der Waals surface area contributed by atoms with E-state index in [0.717, 1.165) is 6.54 Å². The first kappa shape index (κ1) is 6.58. The van der Waals surface area contributed by atoms with Crippen molar-refractivity contribution >= 4 is 0 Å². The van der Waals surface area contributed by atoms with Crippen LogP contribution in [0.3, 0.4) is 0 Å². The SMILES string of the molecule is C[N+]12CCC(C1)N(N)CC2. The van der Waals surface area contributed by atoms with E-state index < -0.39 is 0 Å². The molecule has 2 aliphatic rings. The van der Waals surface area contributed by atoms with Gasteiger partial charge in [0.05, 0.1) is 39.3 Å². The largest absolute Gasteiger partial charge is 0.324 e. The predicted octanol–water partition coefficient (Wildman–Crippen LogP) is -0.605. The van der Waals surface area contributed by atoms with Crippen molar-refractivity contribution in [1.29, 1.82) is 0 Å². The Bertz CT molecular complexity index is 148. The van der Waals surface area contributed by atoms with Gasteiger partial charge in [-0.1, -0.05) is 0 Å². The van der Waals surface area contributed by atoms with Crippen LogP contribution in [0, 0.1) is 0 Å². The number of hydrazine groups is 1. The second-order valence-corrected chi connectivity index (χ2v) is 3.93. The van der Waals surface area contributed by atoms with Crippen LogP contribution in [0.25, 0.3) is 0 Å². The van der Waals surface area contributed by atoms with E-state index in [1.165, 1.54) is 30.5 Å². The summed E-state index contributed by atoms with van der Waals surface area (Å²) >= 11 is 0. The van der Waals surface area contributed by atoms with Crippen molar-refractivity contribution in [3.8, 4) is 0 Å². The second-order valence-electron chi connectivity index (χ2n) is 3.93. The van der Waals surface area contributed by atoms with E-state index in [1.54, 1.807) is 0 Å². The van der Waals surface area contributed by atoms with Crippen molar-refractivity contribution in [1.82, 2.24) is 5.01 Å². The lowest BCUT2D eigenvalue weighted by atomic mass is 10.2. The quantitative estimate of drug-likeness (QED) is 0.361. The van der Waals surface area contributed by atoms with E-state index in [1.807, 2.05) is 5.01 Å². The monoisotopic (exact) mass is 142 g/mol. The fourth-order valence-corrected chi connectivity index (χ4v) is 2.17. The fraction of sp³-hybridized carbons (Fsp3) is 1.00. The Morgan fingerprint density at radius 1 is 1.50 bits per heavy atom. The minimum Gasteiger partial charge on any atom is -0.324 e. The van der Waals surface area contributed by atoms with Gasteiger partial charge in [-0.25, -0.2) is 5.01 Å². The Kier molecular flexibility index (Phi) is 1.27. The highest BCUT2D eigenvalue weighted by Crippen LogP contribution is 2.23. The molecule has 2 unspecified atom stereocenters. The lowest BCUT2D eigenvalue weighted by Gasteiger charge is -2.36. The molecule has 2 bridgehead atoms. The van der Waals surface area contributed by atoms with Gasteiger partial charge in [-0.05, 0) is 0 Å². The van der Waals surface area contributed by atoms with Gasteiger partial charge in [-0.2, -0.15) is 0 Å². The summed E-state index contributed by atoms with van der Waals surface area (Å²) < 4.78 is 1.26. The average Bonchev–Trinajstić information content (AvgIpc) is 2.23. The highest BCUT2D eigenvalue weighted by Gasteiger charge is 2.41. The highest BCUT2D eigenvalue weighted by molar-refractivity contribution is 4.77. The van der Waals surface area contributed by atoms with Crippen molar-refractivity contribution in [3.63, 3.8) is 0 Å². The molecule has 2 heterocycles. The molecule has 2 fully saturated rings. The lowest BCUT2D eigenvalue weighted by molar-refractivity contribution is -0.902. The van der Waals surface area contributed by atoms with Crippen LogP contribution in [0.2, 0.25) is 0 Å². The van der Waals surface area contributed by atoms with Gasteiger partial charge < -0.3 is 4.48 Å². The molecule has 2 aliphatic heterocycles. The summed E-state index contributed by atoms with van der Waals surface area (Å²) in [5.41, 5.74) is 0. The molecular weight excluding hydrogens is 126 g/mol. The molecule has 0 aromatic heterocycles. The lowest BCUT2D eigenvalue weighted by Crippen LogP contribution is -2.57. The van der Waals surface area contributed by atoms with Crippen LogP contribution >= 0.6 is 0 Å². The molecule has 0 radical (unpaired) electrons. The molecule has 0 saturated carbocycles. The minimum atomic E-state index is 0.679. The Morgan fingerprint density at radius 2 is 2.30 bits per heavy atom. The van der Waals surface area contributed by atoms with Gasteiger partial charge in [0, 0.05) is 6.42 Å². The number of nitrogens with zero attached hydrogens (tertiary/aromatic N) is 2.